The van der Waals surface area contributed by atoms with Gasteiger partial charge in [-0.3, -0.25) is 4.79 Å². The lowest BCUT2D eigenvalue weighted by molar-refractivity contribution is -0.140. The number of carbonyl (C=O) groups is 1. The number of carbonyl (C=O) groups excluding carboxylic acids is 1. The van der Waals surface area contributed by atoms with E-state index in [1.54, 1.807) is 0 Å². The van der Waals surface area contributed by atoms with E-state index in [0.717, 1.165) is 16.7 Å². The van der Waals surface area contributed by atoms with E-state index in [4.69, 9.17) is 9.15 Å². The summed E-state index contributed by atoms with van der Waals surface area (Å²) < 4.78 is 48.5. The number of aromatic nitrogens is 1. The molecule has 0 aliphatic carbocycles. The van der Waals surface area contributed by atoms with E-state index in [1.807, 2.05) is 0 Å². The Balaban J connectivity index is 1.75. The summed E-state index contributed by atoms with van der Waals surface area (Å²) in [4.78, 5) is 17.5. The molecule has 3 rings (SSSR count). The minimum Gasteiger partial charge on any atom is -0.465 e. The molecule has 1 aliphatic rings. The lowest BCUT2D eigenvalue weighted by atomic mass is 9.89. The molecule has 1 amide bonds. The smallest absolute Gasteiger partial charge is 0.434 e. The molecule has 26 heavy (non-hydrogen) atoms. The lowest BCUT2D eigenvalue weighted by Crippen LogP contribution is -2.36. The third-order valence-corrected chi connectivity index (χ3v) is 5.03. The molecule has 0 unspecified atom stereocenters. The van der Waals surface area contributed by atoms with Crippen LogP contribution in [-0.4, -0.2) is 41.2 Å². The molecule has 0 bridgehead atoms. The van der Waals surface area contributed by atoms with Crippen molar-refractivity contribution in [2.24, 2.45) is 0 Å². The number of thiazole rings is 1. The van der Waals surface area contributed by atoms with Crippen molar-refractivity contribution in [1.29, 1.82) is 0 Å². The molecule has 0 radical (unpaired) electrons. The zero-order chi connectivity index (χ0) is 18.9. The first-order chi connectivity index (χ1) is 12.2. The van der Waals surface area contributed by atoms with Crippen LogP contribution in [-0.2, 0) is 23.1 Å². The van der Waals surface area contributed by atoms with Gasteiger partial charge in [-0.2, -0.15) is 13.2 Å². The Labute approximate surface area is 151 Å². The zero-order valence-electron chi connectivity index (χ0n) is 13.9. The standard InChI is InChI=1S/C16H17F3N2O4S/c1-21(8-12-20-11(9-26-12)16(17,18)19)14(22)10-2-5-25-13(10)15(23)3-6-24-7-4-15/h2,5,9,23H,3-4,6-8H2,1H3. The summed E-state index contributed by atoms with van der Waals surface area (Å²) in [6, 6.07) is 1.45. The van der Waals surface area contributed by atoms with Crippen molar-refractivity contribution in [2.75, 3.05) is 20.3 Å². The van der Waals surface area contributed by atoms with Gasteiger partial charge in [0.1, 0.15) is 16.4 Å². The van der Waals surface area contributed by atoms with E-state index in [0.29, 0.717) is 26.1 Å². The van der Waals surface area contributed by atoms with Crippen molar-refractivity contribution in [1.82, 2.24) is 9.88 Å². The molecular weight excluding hydrogens is 373 g/mol. The number of aliphatic hydroxyl groups is 1. The van der Waals surface area contributed by atoms with Gasteiger partial charge in [-0.1, -0.05) is 0 Å². The molecule has 10 heteroatoms. The van der Waals surface area contributed by atoms with E-state index in [2.05, 4.69) is 4.98 Å². The number of alkyl halides is 3. The summed E-state index contributed by atoms with van der Waals surface area (Å²) in [6.45, 7) is 0.617. The van der Waals surface area contributed by atoms with E-state index in [-0.39, 0.29) is 22.9 Å². The number of amides is 1. The maximum absolute atomic E-state index is 12.7. The maximum Gasteiger partial charge on any atom is 0.434 e. The van der Waals surface area contributed by atoms with Crippen LogP contribution < -0.4 is 0 Å². The van der Waals surface area contributed by atoms with Gasteiger partial charge in [0.25, 0.3) is 5.91 Å². The highest BCUT2D eigenvalue weighted by molar-refractivity contribution is 7.09. The predicted octanol–water partition coefficient (Wildman–Crippen LogP) is 3.03. The fourth-order valence-corrected chi connectivity index (χ4v) is 3.62. The number of furan rings is 1. The summed E-state index contributed by atoms with van der Waals surface area (Å²) >= 11 is 0.837. The quantitative estimate of drug-likeness (QED) is 0.869. The first-order valence-electron chi connectivity index (χ1n) is 7.86. The van der Waals surface area contributed by atoms with E-state index < -0.39 is 23.4 Å². The normalized spacial score (nSPS) is 17.3. The van der Waals surface area contributed by atoms with Crippen LogP contribution >= 0.6 is 11.3 Å². The van der Waals surface area contributed by atoms with Gasteiger partial charge < -0.3 is 19.2 Å². The molecule has 142 valence electrons. The molecular formula is C16H17F3N2O4S. The average molecular weight is 390 g/mol. The molecule has 1 aliphatic heterocycles. The Kier molecular flexibility index (Phi) is 5.09. The number of hydrogen-bond donors (Lipinski definition) is 1. The monoisotopic (exact) mass is 390 g/mol. The molecule has 3 heterocycles. The molecule has 6 nitrogen and oxygen atoms in total. The van der Waals surface area contributed by atoms with Gasteiger partial charge in [0.05, 0.1) is 18.4 Å². The van der Waals surface area contributed by atoms with Crippen LogP contribution in [0, 0.1) is 0 Å². The fourth-order valence-electron chi connectivity index (χ4n) is 2.77. The SMILES string of the molecule is CN(Cc1nc(C(F)(F)F)cs1)C(=O)c1ccoc1C1(O)CCOCC1. The van der Waals surface area contributed by atoms with Gasteiger partial charge in [0.15, 0.2) is 5.69 Å². The summed E-state index contributed by atoms with van der Waals surface area (Å²) in [6.07, 6.45) is -2.60. The van der Waals surface area contributed by atoms with Crippen molar-refractivity contribution in [2.45, 2.75) is 31.2 Å². The van der Waals surface area contributed by atoms with Crippen LogP contribution in [0.2, 0.25) is 0 Å². The van der Waals surface area contributed by atoms with Crippen molar-refractivity contribution in [3.63, 3.8) is 0 Å². The Morgan fingerprint density at radius 2 is 2.12 bits per heavy atom. The second-order valence-corrected chi connectivity index (χ2v) is 7.04. The molecule has 0 atom stereocenters. The van der Waals surface area contributed by atoms with Crippen LogP contribution in [0.15, 0.2) is 22.1 Å². The summed E-state index contributed by atoms with van der Waals surface area (Å²) in [5.41, 5.74) is -2.08. The Morgan fingerprint density at radius 1 is 1.42 bits per heavy atom. The van der Waals surface area contributed by atoms with Crippen molar-refractivity contribution >= 4 is 17.2 Å². The first-order valence-corrected chi connectivity index (χ1v) is 8.74. The van der Waals surface area contributed by atoms with Gasteiger partial charge in [-0.15, -0.1) is 11.3 Å². The van der Waals surface area contributed by atoms with Crippen molar-refractivity contribution < 1.29 is 32.2 Å². The molecule has 0 aromatic carbocycles. The molecule has 1 fully saturated rings. The minimum absolute atomic E-state index is 0.0776. The topological polar surface area (TPSA) is 75.8 Å². The summed E-state index contributed by atoms with van der Waals surface area (Å²) in [5.74, 6) is -0.301. The highest BCUT2D eigenvalue weighted by atomic mass is 32.1. The van der Waals surface area contributed by atoms with Crippen molar-refractivity contribution in [3.05, 3.63) is 39.7 Å². The highest BCUT2D eigenvalue weighted by Crippen LogP contribution is 2.35. The van der Waals surface area contributed by atoms with E-state index >= 15 is 0 Å². The number of ether oxygens (including phenoxy) is 1. The number of rotatable bonds is 4. The van der Waals surface area contributed by atoms with Crippen LogP contribution in [0.4, 0.5) is 13.2 Å². The molecule has 0 saturated carbocycles. The van der Waals surface area contributed by atoms with Gasteiger partial charge in [-0.25, -0.2) is 4.98 Å². The van der Waals surface area contributed by atoms with Crippen LogP contribution in [0.25, 0.3) is 0 Å². The second kappa shape index (κ2) is 7.01. The fraction of sp³-hybridized carbons (Fsp3) is 0.500. The van der Waals surface area contributed by atoms with Crippen LogP contribution in [0.5, 0.6) is 0 Å². The predicted molar refractivity (Wildman–Crippen MR) is 85.6 cm³/mol. The van der Waals surface area contributed by atoms with Crippen LogP contribution in [0.3, 0.4) is 0 Å². The third-order valence-electron chi connectivity index (χ3n) is 4.20. The lowest BCUT2D eigenvalue weighted by Gasteiger charge is -2.31. The summed E-state index contributed by atoms with van der Waals surface area (Å²) in [5, 5.41) is 11.8. The van der Waals surface area contributed by atoms with Gasteiger partial charge in [0, 0.05) is 38.5 Å². The van der Waals surface area contributed by atoms with E-state index in [9.17, 15) is 23.1 Å². The largest absolute Gasteiger partial charge is 0.465 e. The minimum atomic E-state index is -4.51. The molecule has 1 N–H and O–H groups in total. The van der Waals surface area contributed by atoms with Gasteiger partial charge in [0.2, 0.25) is 0 Å². The van der Waals surface area contributed by atoms with E-state index in [1.165, 1.54) is 24.3 Å². The average Bonchev–Trinajstić information content (AvgIpc) is 3.24. The maximum atomic E-state index is 12.7. The molecule has 1 saturated heterocycles. The molecule has 0 spiro atoms. The summed E-state index contributed by atoms with van der Waals surface area (Å²) in [7, 11) is 1.46. The first kappa shape index (κ1) is 18.9. The number of halogens is 3. The number of nitrogens with zero attached hydrogens (tertiary/aromatic N) is 2. The molecule has 2 aromatic rings. The van der Waals surface area contributed by atoms with Gasteiger partial charge in [-0.05, 0) is 6.07 Å². The zero-order valence-corrected chi connectivity index (χ0v) is 14.7. The second-order valence-electron chi connectivity index (χ2n) is 6.09. The molecule has 2 aromatic heterocycles. The van der Waals surface area contributed by atoms with Crippen LogP contribution in [0.1, 0.15) is 39.7 Å². The Morgan fingerprint density at radius 3 is 2.73 bits per heavy atom. The third kappa shape index (κ3) is 3.76. The number of hydrogen-bond acceptors (Lipinski definition) is 6. The highest BCUT2D eigenvalue weighted by Gasteiger charge is 2.39. The Bertz CT molecular complexity index is 781. The Hall–Kier alpha value is -1.91. The van der Waals surface area contributed by atoms with Gasteiger partial charge >= 0.3 is 6.18 Å². The van der Waals surface area contributed by atoms with Crippen molar-refractivity contribution in [3.8, 4) is 0 Å².